The van der Waals surface area contributed by atoms with E-state index >= 15 is 0 Å². The number of hydrogen-bond acceptors (Lipinski definition) is 2. The molecule has 0 spiro atoms. The van der Waals surface area contributed by atoms with Crippen LogP contribution in [0.5, 0.6) is 5.75 Å². The molecule has 2 heterocycles. The number of H-pyrrole nitrogens is 1. The normalized spacial score (nSPS) is 15.2. The molecule has 1 fully saturated rings. The predicted octanol–water partition coefficient (Wildman–Crippen LogP) is 5.64. The fraction of sp³-hybridized carbons (Fsp3) is 0.286. The SMILES string of the molecule is COc1ccc2[nH]cc(C3CCN(C(=O)c4cc(F)c(Cl)cc4Cl)CC3)c2c1. The van der Waals surface area contributed by atoms with E-state index in [4.69, 9.17) is 27.9 Å². The smallest absolute Gasteiger partial charge is 0.255 e. The van der Waals surface area contributed by atoms with Crippen LogP contribution in [0.4, 0.5) is 4.39 Å². The molecule has 1 amide bonds. The van der Waals surface area contributed by atoms with Gasteiger partial charge in [-0.1, -0.05) is 23.2 Å². The summed E-state index contributed by atoms with van der Waals surface area (Å²) in [6.45, 7) is 1.17. The number of aromatic amines is 1. The van der Waals surface area contributed by atoms with E-state index in [-0.39, 0.29) is 21.5 Å². The minimum Gasteiger partial charge on any atom is -0.497 e. The lowest BCUT2D eigenvalue weighted by Crippen LogP contribution is -2.38. The molecule has 4 nitrogen and oxygen atoms in total. The van der Waals surface area contributed by atoms with Crippen molar-refractivity contribution >= 4 is 40.0 Å². The summed E-state index contributed by atoms with van der Waals surface area (Å²) in [6.07, 6.45) is 3.69. The monoisotopic (exact) mass is 420 g/mol. The molecule has 7 heteroatoms. The van der Waals surface area contributed by atoms with Gasteiger partial charge in [0.25, 0.3) is 5.91 Å². The standard InChI is InChI=1S/C21H19Cl2FN2O2/c1-28-13-2-3-20-14(8-13)16(11-25-20)12-4-6-26(7-5-12)21(27)15-9-19(24)18(23)10-17(15)22/h2-3,8-12,25H,4-7H2,1H3. The second kappa shape index (κ2) is 7.64. The summed E-state index contributed by atoms with van der Waals surface area (Å²) in [7, 11) is 1.66. The molecule has 1 N–H and O–H groups in total. The molecular formula is C21H19Cl2FN2O2. The average Bonchev–Trinajstić information content (AvgIpc) is 3.13. The van der Waals surface area contributed by atoms with Gasteiger partial charge in [0.05, 0.1) is 22.7 Å². The van der Waals surface area contributed by atoms with Crippen molar-refractivity contribution in [3.05, 3.63) is 63.5 Å². The van der Waals surface area contributed by atoms with Crippen LogP contribution in [0.15, 0.2) is 36.5 Å². The van der Waals surface area contributed by atoms with Gasteiger partial charge in [0.1, 0.15) is 11.6 Å². The van der Waals surface area contributed by atoms with Crippen molar-refractivity contribution < 1.29 is 13.9 Å². The largest absolute Gasteiger partial charge is 0.497 e. The van der Waals surface area contributed by atoms with Crippen molar-refractivity contribution in [1.29, 1.82) is 0 Å². The zero-order chi connectivity index (χ0) is 19.8. The molecule has 2 aromatic carbocycles. The highest BCUT2D eigenvalue weighted by Crippen LogP contribution is 2.35. The second-order valence-corrected chi connectivity index (χ2v) is 7.78. The van der Waals surface area contributed by atoms with Crippen LogP contribution in [0.2, 0.25) is 10.0 Å². The van der Waals surface area contributed by atoms with Crippen molar-refractivity contribution in [3.8, 4) is 5.75 Å². The van der Waals surface area contributed by atoms with Crippen LogP contribution in [0.1, 0.15) is 34.7 Å². The predicted molar refractivity (Wildman–Crippen MR) is 109 cm³/mol. The molecule has 0 aliphatic carbocycles. The van der Waals surface area contributed by atoms with Gasteiger partial charge in [-0.3, -0.25) is 4.79 Å². The number of ether oxygens (including phenoxy) is 1. The van der Waals surface area contributed by atoms with E-state index in [1.54, 1.807) is 12.0 Å². The number of likely N-dealkylation sites (tertiary alicyclic amines) is 1. The Morgan fingerprint density at radius 2 is 1.93 bits per heavy atom. The molecule has 0 bridgehead atoms. The molecule has 146 valence electrons. The average molecular weight is 421 g/mol. The van der Waals surface area contributed by atoms with E-state index < -0.39 is 5.82 Å². The number of aromatic nitrogens is 1. The summed E-state index contributed by atoms with van der Waals surface area (Å²) < 4.78 is 19.1. The quantitative estimate of drug-likeness (QED) is 0.556. The summed E-state index contributed by atoms with van der Waals surface area (Å²) in [5.74, 6) is 0.249. The number of amides is 1. The van der Waals surface area contributed by atoms with Crippen LogP contribution in [0.3, 0.4) is 0 Å². The first kappa shape index (κ1) is 19.1. The Hall–Kier alpha value is -2.24. The second-order valence-electron chi connectivity index (χ2n) is 6.97. The molecule has 1 saturated heterocycles. The molecule has 1 aromatic heterocycles. The zero-order valence-electron chi connectivity index (χ0n) is 15.3. The van der Waals surface area contributed by atoms with Crippen molar-refractivity contribution in [2.45, 2.75) is 18.8 Å². The maximum absolute atomic E-state index is 13.8. The van der Waals surface area contributed by atoms with Crippen LogP contribution >= 0.6 is 23.2 Å². The van der Waals surface area contributed by atoms with Gasteiger partial charge >= 0.3 is 0 Å². The zero-order valence-corrected chi connectivity index (χ0v) is 16.8. The number of benzene rings is 2. The summed E-state index contributed by atoms with van der Waals surface area (Å²) in [5.41, 5.74) is 2.45. The van der Waals surface area contributed by atoms with Crippen molar-refractivity contribution in [2.75, 3.05) is 20.2 Å². The Balaban J connectivity index is 1.51. The van der Waals surface area contributed by atoms with Gasteiger partial charge in [0, 0.05) is 30.2 Å². The maximum Gasteiger partial charge on any atom is 0.255 e. The van der Waals surface area contributed by atoms with E-state index in [1.807, 2.05) is 24.4 Å². The number of nitrogens with one attached hydrogen (secondary N) is 1. The van der Waals surface area contributed by atoms with Gasteiger partial charge in [-0.25, -0.2) is 4.39 Å². The summed E-state index contributed by atoms with van der Waals surface area (Å²) in [6, 6.07) is 8.37. The lowest BCUT2D eigenvalue weighted by molar-refractivity contribution is 0.0713. The van der Waals surface area contributed by atoms with Gasteiger partial charge in [-0.05, 0) is 54.7 Å². The van der Waals surface area contributed by atoms with Crippen LogP contribution in [0.25, 0.3) is 10.9 Å². The Kier molecular flexibility index (Phi) is 5.21. The maximum atomic E-state index is 13.8. The topological polar surface area (TPSA) is 45.3 Å². The number of carbonyl (C=O) groups is 1. The minimum absolute atomic E-state index is 0.0879. The lowest BCUT2D eigenvalue weighted by Gasteiger charge is -2.32. The minimum atomic E-state index is -0.642. The third-order valence-corrected chi connectivity index (χ3v) is 5.99. The first-order valence-corrected chi connectivity index (χ1v) is 9.82. The number of halogens is 3. The number of methoxy groups -OCH3 is 1. The van der Waals surface area contributed by atoms with E-state index in [0.717, 1.165) is 35.6 Å². The highest BCUT2D eigenvalue weighted by atomic mass is 35.5. The molecule has 0 atom stereocenters. The van der Waals surface area contributed by atoms with E-state index in [0.29, 0.717) is 19.0 Å². The van der Waals surface area contributed by atoms with Crippen LogP contribution in [-0.4, -0.2) is 36.0 Å². The van der Waals surface area contributed by atoms with Gasteiger partial charge < -0.3 is 14.6 Å². The third kappa shape index (κ3) is 3.45. The fourth-order valence-corrected chi connectivity index (χ4v) is 4.30. The van der Waals surface area contributed by atoms with E-state index in [1.165, 1.54) is 11.6 Å². The molecule has 3 aromatic rings. The van der Waals surface area contributed by atoms with Crippen molar-refractivity contribution in [2.24, 2.45) is 0 Å². The highest BCUT2D eigenvalue weighted by Gasteiger charge is 2.27. The molecule has 4 rings (SSSR count). The molecule has 0 radical (unpaired) electrons. The van der Waals surface area contributed by atoms with Crippen molar-refractivity contribution in [3.63, 3.8) is 0 Å². The third-order valence-electron chi connectivity index (χ3n) is 5.38. The van der Waals surface area contributed by atoms with Crippen LogP contribution in [-0.2, 0) is 0 Å². The Bertz CT molecular complexity index is 1040. The summed E-state index contributed by atoms with van der Waals surface area (Å²) in [4.78, 5) is 17.8. The molecule has 1 aliphatic rings. The highest BCUT2D eigenvalue weighted by molar-refractivity contribution is 6.36. The fourth-order valence-electron chi connectivity index (χ4n) is 3.84. The lowest BCUT2D eigenvalue weighted by atomic mass is 9.89. The molecule has 1 aliphatic heterocycles. The molecule has 28 heavy (non-hydrogen) atoms. The van der Waals surface area contributed by atoms with Gasteiger partial charge in [0.15, 0.2) is 0 Å². The van der Waals surface area contributed by atoms with E-state index in [2.05, 4.69) is 4.98 Å². The molecule has 0 saturated carbocycles. The number of piperidine rings is 1. The summed E-state index contributed by atoms with van der Waals surface area (Å²) >= 11 is 11.8. The first-order chi connectivity index (χ1) is 13.5. The molecular weight excluding hydrogens is 402 g/mol. The van der Waals surface area contributed by atoms with Gasteiger partial charge in [-0.2, -0.15) is 0 Å². The van der Waals surface area contributed by atoms with Crippen LogP contribution in [0, 0.1) is 5.82 Å². The Morgan fingerprint density at radius 1 is 1.18 bits per heavy atom. The number of rotatable bonds is 3. The number of carbonyl (C=O) groups excluding carboxylic acids is 1. The number of nitrogens with zero attached hydrogens (tertiary/aromatic N) is 1. The number of fused-ring (bicyclic) bond motifs is 1. The first-order valence-electron chi connectivity index (χ1n) is 9.06. The Morgan fingerprint density at radius 3 is 2.64 bits per heavy atom. The van der Waals surface area contributed by atoms with E-state index in [9.17, 15) is 9.18 Å². The summed E-state index contributed by atoms with van der Waals surface area (Å²) in [5, 5.41) is 1.23. The van der Waals surface area contributed by atoms with Crippen LogP contribution < -0.4 is 4.74 Å². The Labute approximate surface area is 172 Å². The van der Waals surface area contributed by atoms with Crippen molar-refractivity contribution in [1.82, 2.24) is 9.88 Å². The van der Waals surface area contributed by atoms with Gasteiger partial charge in [-0.15, -0.1) is 0 Å². The van der Waals surface area contributed by atoms with Gasteiger partial charge in [0.2, 0.25) is 0 Å². The number of hydrogen-bond donors (Lipinski definition) is 1. The molecule has 0 unspecified atom stereocenters.